The van der Waals surface area contributed by atoms with Gasteiger partial charge in [-0.2, -0.15) is 0 Å². The third-order valence-electron chi connectivity index (χ3n) is 1.85. The van der Waals surface area contributed by atoms with Crippen molar-refractivity contribution in [1.82, 2.24) is 14.8 Å². The van der Waals surface area contributed by atoms with Crippen molar-refractivity contribution < 1.29 is 4.39 Å². The quantitative estimate of drug-likeness (QED) is 0.852. The number of halogens is 2. The largest absolute Gasteiger partial charge is 0.316 e. The molecule has 15 heavy (non-hydrogen) atoms. The number of aromatic nitrogens is 3. The van der Waals surface area contributed by atoms with E-state index in [1.165, 1.54) is 6.07 Å². The van der Waals surface area contributed by atoms with Crippen molar-refractivity contribution in [2.75, 3.05) is 11.9 Å². The smallest absolute Gasteiger partial charge is 0.232 e. The highest BCUT2D eigenvalue weighted by atomic mass is 79.9. The summed E-state index contributed by atoms with van der Waals surface area (Å²) in [7, 11) is 1.72. The van der Waals surface area contributed by atoms with Crippen LogP contribution in [0, 0.1) is 5.82 Å². The lowest BCUT2D eigenvalue weighted by atomic mass is 10.3. The van der Waals surface area contributed by atoms with E-state index in [1.54, 1.807) is 24.1 Å². The second-order valence-electron chi connectivity index (χ2n) is 2.80. The van der Waals surface area contributed by atoms with E-state index in [9.17, 15) is 4.39 Å². The molecule has 0 N–H and O–H groups in total. The fraction of sp³-hybridized carbons (Fsp3) is 0.125. The van der Waals surface area contributed by atoms with Crippen LogP contribution in [0.2, 0.25) is 0 Å². The third-order valence-corrected chi connectivity index (χ3v) is 3.01. The van der Waals surface area contributed by atoms with E-state index in [2.05, 4.69) is 30.7 Å². The number of hydrogen-bond donors (Lipinski definition) is 0. The predicted molar refractivity (Wildman–Crippen MR) is 59.9 cm³/mol. The van der Waals surface area contributed by atoms with Crippen molar-refractivity contribution in [3.63, 3.8) is 0 Å². The summed E-state index contributed by atoms with van der Waals surface area (Å²) in [5, 5.41) is 7.78. The van der Waals surface area contributed by atoms with E-state index in [0.29, 0.717) is 10.8 Å². The Kier molecular flexibility index (Phi) is 2.92. The average molecular weight is 289 g/mol. The molecule has 1 aromatic heterocycles. The molecule has 0 amide bonds. The lowest BCUT2D eigenvalue weighted by molar-refractivity contribution is 0.627. The van der Waals surface area contributed by atoms with Crippen LogP contribution in [-0.2, 0) is 0 Å². The maximum atomic E-state index is 13.5. The molecule has 2 aromatic rings. The van der Waals surface area contributed by atoms with Gasteiger partial charge in [-0.05, 0) is 23.4 Å². The SMILES string of the molecule is CN(c1nnns1)c1cc(Br)ccc1F. The topological polar surface area (TPSA) is 41.9 Å². The van der Waals surface area contributed by atoms with E-state index in [1.807, 2.05) is 0 Å². The molecule has 78 valence electrons. The molecule has 0 saturated heterocycles. The molecule has 0 fully saturated rings. The van der Waals surface area contributed by atoms with Crippen LogP contribution < -0.4 is 4.90 Å². The van der Waals surface area contributed by atoms with Gasteiger partial charge < -0.3 is 4.90 Å². The molecular formula is C8H6BrFN4S. The molecule has 0 unspecified atom stereocenters. The molecule has 0 atom stereocenters. The standard InChI is InChI=1S/C8H6BrFN4S/c1-14(8-11-12-13-15-8)7-4-5(9)2-3-6(7)10/h2-4H,1H3. The molecule has 2 rings (SSSR count). The van der Waals surface area contributed by atoms with Crippen LogP contribution in [0.3, 0.4) is 0 Å². The molecule has 7 heteroatoms. The first-order valence-electron chi connectivity index (χ1n) is 4.02. The number of benzene rings is 1. The van der Waals surface area contributed by atoms with Gasteiger partial charge in [0.1, 0.15) is 5.82 Å². The molecule has 0 aliphatic heterocycles. The van der Waals surface area contributed by atoms with Gasteiger partial charge in [-0.1, -0.05) is 25.5 Å². The van der Waals surface area contributed by atoms with E-state index in [0.717, 1.165) is 16.0 Å². The number of hydrogen-bond acceptors (Lipinski definition) is 5. The second kappa shape index (κ2) is 4.19. The maximum Gasteiger partial charge on any atom is 0.232 e. The van der Waals surface area contributed by atoms with E-state index < -0.39 is 0 Å². The molecular weight excluding hydrogens is 283 g/mol. The van der Waals surface area contributed by atoms with Gasteiger partial charge >= 0.3 is 0 Å². The molecule has 4 nitrogen and oxygen atoms in total. The Hall–Kier alpha value is -1.08. The van der Waals surface area contributed by atoms with E-state index in [-0.39, 0.29) is 5.82 Å². The molecule has 0 aliphatic rings. The van der Waals surface area contributed by atoms with E-state index in [4.69, 9.17) is 0 Å². The van der Waals surface area contributed by atoms with Crippen molar-refractivity contribution in [3.8, 4) is 0 Å². The number of anilines is 2. The van der Waals surface area contributed by atoms with Gasteiger partial charge in [-0.25, -0.2) is 4.39 Å². The Morgan fingerprint density at radius 3 is 2.93 bits per heavy atom. The van der Waals surface area contributed by atoms with Crippen molar-refractivity contribution in [2.24, 2.45) is 0 Å². The molecule has 0 radical (unpaired) electrons. The Balaban J connectivity index is 2.41. The molecule has 0 saturated carbocycles. The van der Waals surface area contributed by atoms with Gasteiger partial charge in [-0.3, -0.25) is 0 Å². The van der Waals surface area contributed by atoms with Crippen LogP contribution in [0.1, 0.15) is 0 Å². The van der Waals surface area contributed by atoms with Crippen LogP contribution >= 0.6 is 27.5 Å². The van der Waals surface area contributed by atoms with Gasteiger partial charge in [0.05, 0.1) is 5.69 Å². The monoisotopic (exact) mass is 288 g/mol. The lowest BCUT2D eigenvalue weighted by Gasteiger charge is -2.15. The molecule has 1 aromatic carbocycles. The average Bonchev–Trinajstić information content (AvgIpc) is 2.74. The molecule has 0 bridgehead atoms. The van der Waals surface area contributed by atoms with Crippen molar-refractivity contribution in [3.05, 3.63) is 28.5 Å². The Bertz CT molecular complexity index is 462. The molecule has 0 aliphatic carbocycles. The minimum absolute atomic E-state index is 0.309. The van der Waals surface area contributed by atoms with Crippen LogP contribution in [0.25, 0.3) is 0 Å². The van der Waals surface area contributed by atoms with Gasteiger partial charge in [0.2, 0.25) is 5.13 Å². The summed E-state index contributed by atoms with van der Waals surface area (Å²) in [4.78, 5) is 1.60. The first-order chi connectivity index (χ1) is 7.18. The highest BCUT2D eigenvalue weighted by Crippen LogP contribution is 2.28. The Morgan fingerprint density at radius 2 is 2.27 bits per heavy atom. The van der Waals surface area contributed by atoms with Crippen molar-refractivity contribution in [2.45, 2.75) is 0 Å². The fourth-order valence-electron chi connectivity index (χ4n) is 1.10. The first-order valence-corrected chi connectivity index (χ1v) is 5.59. The van der Waals surface area contributed by atoms with Crippen LogP contribution in [-0.4, -0.2) is 21.8 Å². The minimum atomic E-state index is -0.309. The highest BCUT2D eigenvalue weighted by Gasteiger charge is 2.12. The summed E-state index contributed by atoms with van der Waals surface area (Å²) in [6.07, 6.45) is 0. The molecule has 0 spiro atoms. The summed E-state index contributed by atoms with van der Waals surface area (Å²) in [5.74, 6) is -0.309. The molecule has 1 heterocycles. The van der Waals surface area contributed by atoms with Gasteiger partial charge in [0, 0.05) is 23.1 Å². The zero-order valence-corrected chi connectivity index (χ0v) is 10.1. The van der Waals surface area contributed by atoms with Crippen molar-refractivity contribution >= 4 is 38.3 Å². The Morgan fingerprint density at radius 1 is 1.47 bits per heavy atom. The van der Waals surface area contributed by atoms with Crippen LogP contribution in [0.5, 0.6) is 0 Å². The maximum absolute atomic E-state index is 13.5. The third kappa shape index (κ3) is 2.13. The summed E-state index contributed by atoms with van der Waals surface area (Å²) in [6, 6.07) is 4.71. The number of rotatable bonds is 2. The highest BCUT2D eigenvalue weighted by molar-refractivity contribution is 9.10. The zero-order valence-electron chi connectivity index (χ0n) is 7.69. The van der Waals surface area contributed by atoms with Gasteiger partial charge in [0.25, 0.3) is 0 Å². The summed E-state index contributed by atoms with van der Waals surface area (Å²) in [6.45, 7) is 0. The summed E-state index contributed by atoms with van der Waals surface area (Å²) >= 11 is 4.40. The summed E-state index contributed by atoms with van der Waals surface area (Å²) < 4.78 is 17.9. The van der Waals surface area contributed by atoms with Crippen LogP contribution in [0.15, 0.2) is 22.7 Å². The second-order valence-corrected chi connectivity index (χ2v) is 4.43. The number of nitrogens with zero attached hydrogens (tertiary/aromatic N) is 4. The van der Waals surface area contributed by atoms with Gasteiger partial charge in [-0.15, -0.1) is 0 Å². The lowest BCUT2D eigenvalue weighted by Crippen LogP contribution is -2.10. The predicted octanol–water partition coefficient (Wildman–Crippen LogP) is 2.60. The zero-order chi connectivity index (χ0) is 10.8. The van der Waals surface area contributed by atoms with Crippen molar-refractivity contribution in [1.29, 1.82) is 0 Å². The minimum Gasteiger partial charge on any atom is -0.316 e. The Labute approximate surface area is 98.0 Å². The first kappa shape index (κ1) is 10.4. The van der Waals surface area contributed by atoms with Crippen LogP contribution in [0.4, 0.5) is 15.2 Å². The fourth-order valence-corrected chi connectivity index (χ4v) is 1.89. The normalized spacial score (nSPS) is 10.3. The summed E-state index contributed by atoms with van der Waals surface area (Å²) in [5.41, 5.74) is 0.433. The van der Waals surface area contributed by atoms with E-state index >= 15 is 0 Å². The van der Waals surface area contributed by atoms with Gasteiger partial charge in [0.15, 0.2) is 0 Å².